The number of guanidine groups is 1. The maximum atomic E-state index is 10.3. The molecule has 0 saturated carbocycles. The zero-order valence-electron chi connectivity index (χ0n) is 4.70. The first-order chi connectivity index (χ1) is 4.29. The molecule has 1 heterocycles. The SMILES string of the molecule is CC(=O)NC1=N[N]N=N1. The second-order valence-electron chi connectivity index (χ2n) is 1.38. The molecule has 0 bridgehead atoms. The van der Waals surface area contributed by atoms with Crippen molar-refractivity contribution in [2.45, 2.75) is 6.92 Å². The largest absolute Gasteiger partial charge is 0.292 e. The molecular weight excluding hydrogens is 122 g/mol. The Bertz CT molecular complexity index is 183. The summed E-state index contributed by atoms with van der Waals surface area (Å²) < 4.78 is 0. The third kappa shape index (κ3) is 1.48. The number of hydrogen-bond donors (Lipinski definition) is 1. The standard InChI is InChI=1S/C3H4N5O/c1-2(9)4-3-5-7-8-6-3/h1H3,(H,4,5,9). The smallest absolute Gasteiger partial charge is 0.272 e. The molecule has 0 saturated heterocycles. The predicted molar refractivity (Wildman–Crippen MR) is 28.2 cm³/mol. The fourth-order valence-corrected chi connectivity index (χ4v) is 0.352. The first-order valence-electron chi connectivity index (χ1n) is 2.25. The highest BCUT2D eigenvalue weighted by Gasteiger charge is 2.03. The molecule has 47 valence electrons. The lowest BCUT2D eigenvalue weighted by Crippen LogP contribution is -2.25. The number of nitrogens with one attached hydrogen (secondary N) is 1. The summed E-state index contributed by atoms with van der Waals surface area (Å²) in [5.74, 6) is -0.0905. The molecule has 0 aliphatic carbocycles. The zero-order valence-corrected chi connectivity index (χ0v) is 4.70. The number of carbonyl (C=O) groups is 1. The van der Waals surface area contributed by atoms with E-state index in [4.69, 9.17) is 0 Å². The molecule has 0 spiro atoms. The van der Waals surface area contributed by atoms with Crippen molar-refractivity contribution in [1.82, 2.24) is 10.9 Å². The van der Waals surface area contributed by atoms with E-state index in [1.165, 1.54) is 6.92 Å². The van der Waals surface area contributed by atoms with Crippen LogP contribution in [0, 0.1) is 0 Å². The lowest BCUT2D eigenvalue weighted by molar-refractivity contribution is -0.117. The Morgan fingerprint density at radius 2 is 2.44 bits per heavy atom. The average molecular weight is 126 g/mol. The van der Waals surface area contributed by atoms with Crippen molar-refractivity contribution in [3.8, 4) is 0 Å². The lowest BCUT2D eigenvalue weighted by atomic mass is 10.7. The Kier molecular flexibility index (Phi) is 1.39. The highest BCUT2D eigenvalue weighted by Crippen LogP contribution is 1.86. The van der Waals surface area contributed by atoms with Crippen LogP contribution in [0.4, 0.5) is 0 Å². The molecule has 0 atom stereocenters. The van der Waals surface area contributed by atoms with Crippen molar-refractivity contribution in [1.29, 1.82) is 0 Å². The van der Waals surface area contributed by atoms with Gasteiger partial charge in [0.1, 0.15) is 0 Å². The van der Waals surface area contributed by atoms with Gasteiger partial charge >= 0.3 is 0 Å². The summed E-state index contributed by atoms with van der Waals surface area (Å²) in [6, 6.07) is 0. The summed E-state index contributed by atoms with van der Waals surface area (Å²) in [6.45, 7) is 1.36. The van der Waals surface area contributed by atoms with Crippen molar-refractivity contribution < 1.29 is 4.79 Å². The highest BCUT2D eigenvalue weighted by atomic mass is 16.1. The summed E-state index contributed by atoms with van der Waals surface area (Å²) in [6.07, 6.45) is 0. The van der Waals surface area contributed by atoms with Gasteiger partial charge < -0.3 is 0 Å². The van der Waals surface area contributed by atoms with E-state index in [2.05, 4.69) is 26.3 Å². The number of carbonyl (C=O) groups excluding carboxylic acids is 1. The van der Waals surface area contributed by atoms with E-state index in [0.29, 0.717) is 0 Å². The maximum Gasteiger partial charge on any atom is 0.272 e. The second-order valence-corrected chi connectivity index (χ2v) is 1.38. The van der Waals surface area contributed by atoms with Gasteiger partial charge in [0.05, 0.1) is 0 Å². The van der Waals surface area contributed by atoms with Crippen molar-refractivity contribution in [3.05, 3.63) is 0 Å². The summed E-state index contributed by atoms with van der Waals surface area (Å²) in [4.78, 5) is 10.3. The summed E-state index contributed by atoms with van der Waals surface area (Å²) in [5, 5.41) is 12.2. The number of hydrogen-bond acceptors (Lipinski definition) is 4. The molecule has 1 aliphatic heterocycles. The van der Waals surface area contributed by atoms with Crippen LogP contribution in [0.25, 0.3) is 0 Å². The molecule has 6 heteroatoms. The van der Waals surface area contributed by atoms with Crippen LogP contribution in [-0.4, -0.2) is 11.9 Å². The number of amides is 1. The van der Waals surface area contributed by atoms with Crippen LogP contribution in [0.15, 0.2) is 15.4 Å². The van der Waals surface area contributed by atoms with Gasteiger partial charge in [-0.3, -0.25) is 10.1 Å². The molecule has 1 rings (SSSR count). The molecule has 0 unspecified atom stereocenters. The van der Waals surface area contributed by atoms with Gasteiger partial charge in [-0.05, 0) is 10.8 Å². The van der Waals surface area contributed by atoms with Gasteiger partial charge in [0.25, 0.3) is 5.96 Å². The van der Waals surface area contributed by atoms with Crippen LogP contribution in [0.1, 0.15) is 6.92 Å². The van der Waals surface area contributed by atoms with Crippen LogP contribution in [0.2, 0.25) is 0 Å². The Hall–Kier alpha value is -1.46. The number of rotatable bonds is 0. The second kappa shape index (κ2) is 2.21. The molecule has 0 aromatic rings. The molecule has 0 aromatic heterocycles. The normalized spacial score (nSPS) is 14.6. The minimum atomic E-state index is -0.232. The molecular formula is C3H4N5O. The van der Waals surface area contributed by atoms with E-state index < -0.39 is 0 Å². The van der Waals surface area contributed by atoms with Gasteiger partial charge in [-0.1, -0.05) is 10.2 Å². The van der Waals surface area contributed by atoms with Gasteiger partial charge in [0, 0.05) is 6.92 Å². The monoisotopic (exact) mass is 126 g/mol. The van der Waals surface area contributed by atoms with E-state index in [1.807, 2.05) is 0 Å². The molecule has 1 radical (unpaired) electrons. The molecule has 1 aliphatic rings. The summed E-state index contributed by atoms with van der Waals surface area (Å²) in [7, 11) is 0. The van der Waals surface area contributed by atoms with E-state index in [9.17, 15) is 4.79 Å². The molecule has 1 N–H and O–H groups in total. The van der Waals surface area contributed by atoms with Crippen LogP contribution >= 0.6 is 0 Å². The van der Waals surface area contributed by atoms with E-state index >= 15 is 0 Å². The van der Waals surface area contributed by atoms with Crippen LogP contribution < -0.4 is 10.9 Å². The fourth-order valence-electron chi connectivity index (χ4n) is 0.352. The van der Waals surface area contributed by atoms with Crippen molar-refractivity contribution in [2.24, 2.45) is 15.4 Å². The van der Waals surface area contributed by atoms with Gasteiger partial charge in [-0.2, -0.15) is 0 Å². The number of nitrogens with zero attached hydrogens (tertiary/aromatic N) is 4. The molecule has 1 amide bonds. The van der Waals surface area contributed by atoms with E-state index in [0.717, 1.165) is 0 Å². The summed E-state index contributed by atoms with van der Waals surface area (Å²) >= 11 is 0. The molecule has 0 fully saturated rings. The third-order valence-electron chi connectivity index (χ3n) is 0.607. The van der Waals surface area contributed by atoms with Crippen LogP contribution in [0.5, 0.6) is 0 Å². The molecule has 6 nitrogen and oxygen atoms in total. The topological polar surface area (TPSA) is 80.3 Å². The third-order valence-corrected chi connectivity index (χ3v) is 0.607. The van der Waals surface area contributed by atoms with Gasteiger partial charge in [0.15, 0.2) is 0 Å². The van der Waals surface area contributed by atoms with E-state index in [-0.39, 0.29) is 11.9 Å². The quantitative estimate of drug-likeness (QED) is 0.461. The summed E-state index contributed by atoms with van der Waals surface area (Å²) in [5.41, 5.74) is 3.15. The van der Waals surface area contributed by atoms with Gasteiger partial charge in [-0.15, -0.1) is 0 Å². The fraction of sp³-hybridized carbons (Fsp3) is 0.333. The van der Waals surface area contributed by atoms with Gasteiger partial charge in [-0.25, -0.2) is 0 Å². The Labute approximate surface area is 51.0 Å². The van der Waals surface area contributed by atoms with Crippen molar-refractivity contribution in [3.63, 3.8) is 0 Å². The average Bonchev–Trinajstić information content (AvgIpc) is 2.15. The first-order valence-corrected chi connectivity index (χ1v) is 2.25. The first kappa shape index (κ1) is 5.67. The van der Waals surface area contributed by atoms with Crippen molar-refractivity contribution >= 4 is 11.9 Å². The Balaban J connectivity index is 2.45. The Morgan fingerprint density at radius 3 is 2.89 bits per heavy atom. The highest BCUT2D eigenvalue weighted by molar-refractivity contribution is 5.96. The van der Waals surface area contributed by atoms with Crippen molar-refractivity contribution in [2.75, 3.05) is 0 Å². The zero-order chi connectivity index (χ0) is 6.69. The minimum absolute atomic E-state index is 0.141. The van der Waals surface area contributed by atoms with Crippen LogP contribution in [0.3, 0.4) is 0 Å². The maximum absolute atomic E-state index is 10.3. The molecule has 9 heavy (non-hydrogen) atoms. The predicted octanol–water partition coefficient (Wildman–Crippen LogP) is -0.621. The Morgan fingerprint density at radius 1 is 1.67 bits per heavy atom. The van der Waals surface area contributed by atoms with Crippen LogP contribution in [-0.2, 0) is 4.79 Å². The minimum Gasteiger partial charge on any atom is -0.292 e. The molecule has 0 aromatic carbocycles. The lowest BCUT2D eigenvalue weighted by Gasteiger charge is -1.89. The van der Waals surface area contributed by atoms with E-state index in [1.54, 1.807) is 0 Å². The van der Waals surface area contributed by atoms with Gasteiger partial charge in [0.2, 0.25) is 5.91 Å².